The van der Waals surface area contributed by atoms with Crippen molar-refractivity contribution >= 4 is 0 Å². The number of hydrogen-bond donors (Lipinski definition) is 1. The zero-order valence-electron chi connectivity index (χ0n) is 12.8. The first-order chi connectivity index (χ1) is 9.87. The average Bonchev–Trinajstić information content (AvgIpc) is 2.42. The van der Waals surface area contributed by atoms with Gasteiger partial charge in [-0.3, -0.25) is 0 Å². The Labute approximate surface area is 124 Å². The summed E-state index contributed by atoms with van der Waals surface area (Å²) < 4.78 is 40.3. The highest BCUT2D eigenvalue weighted by atomic mass is 19.4. The average molecular weight is 303 g/mol. The van der Waals surface area contributed by atoms with Crippen LogP contribution in [0.2, 0.25) is 0 Å². The van der Waals surface area contributed by atoms with Gasteiger partial charge in [-0.2, -0.15) is 0 Å². The molecule has 1 aromatic carbocycles. The van der Waals surface area contributed by atoms with Crippen molar-refractivity contribution in [1.82, 2.24) is 5.32 Å². The first kappa shape index (κ1) is 17.8. The Bertz CT molecular complexity index is 403. The van der Waals surface area contributed by atoms with Crippen LogP contribution in [0.25, 0.3) is 0 Å². The minimum atomic E-state index is -4.64. The van der Waals surface area contributed by atoms with Crippen LogP contribution < -0.4 is 10.1 Å². The van der Waals surface area contributed by atoms with E-state index in [1.165, 1.54) is 12.1 Å². The van der Waals surface area contributed by atoms with E-state index in [0.717, 1.165) is 31.4 Å². The minimum absolute atomic E-state index is 0.174. The van der Waals surface area contributed by atoms with Gasteiger partial charge in [-0.25, -0.2) is 0 Å². The molecule has 5 heteroatoms. The fourth-order valence-electron chi connectivity index (χ4n) is 2.37. The molecule has 21 heavy (non-hydrogen) atoms. The van der Waals surface area contributed by atoms with Crippen LogP contribution in [0.5, 0.6) is 5.75 Å². The van der Waals surface area contributed by atoms with Gasteiger partial charge in [0.15, 0.2) is 0 Å². The van der Waals surface area contributed by atoms with Gasteiger partial charge < -0.3 is 10.1 Å². The van der Waals surface area contributed by atoms with Crippen LogP contribution in [0.15, 0.2) is 24.3 Å². The Morgan fingerprint density at radius 1 is 1.10 bits per heavy atom. The van der Waals surface area contributed by atoms with Crippen molar-refractivity contribution in [2.24, 2.45) is 0 Å². The maximum atomic E-state index is 12.1. The molecule has 0 amide bonds. The third-order valence-electron chi connectivity index (χ3n) is 3.50. The lowest BCUT2D eigenvalue weighted by Gasteiger charge is -2.25. The smallest absolute Gasteiger partial charge is 0.406 e. The molecule has 2 nitrogen and oxygen atoms in total. The van der Waals surface area contributed by atoms with E-state index in [-0.39, 0.29) is 11.7 Å². The van der Waals surface area contributed by atoms with E-state index in [1.807, 2.05) is 0 Å². The molecule has 0 aliphatic carbocycles. The van der Waals surface area contributed by atoms with E-state index >= 15 is 0 Å². The molecular formula is C16H24F3NO. The molecule has 0 spiro atoms. The van der Waals surface area contributed by atoms with Crippen molar-refractivity contribution in [2.75, 3.05) is 6.54 Å². The number of hydrogen-bond acceptors (Lipinski definition) is 2. The summed E-state index contributed by atoms with van der Waals surface area (Å²) in [6.07, 6.45) is -1.46. The Morgan fingerprint density at radius 2 is 1.71 bits per heavy atom. The maximum Gasteiger partial charge on any atom is 0.573 e. The van der Waals surface area contributed by atoms with Crippen LogP contribution in [0.1, 0.15) is 51.5 Å². The molecule has 0 radical (unpaired) electrons. The number of halogens is 3. The van der Waals surface area contributed by atoms with E-state index in [9.17, 15) is 13.2 Å². The molecule has 0 saturated heterocycles. The van der Waals surface area contributed by atoms with E-state index < -0.39 is 6.36 Å². The zero-order valence-corrected chi connectivity index (χ0v) is 12.8. The molecule has 1 rings (SSSR count). The van der Waals surface area contributed by atoms with Gasteiger partial charge in [-0.15, -0.1) is 13.2 Å². The fourth-order valence-corrected chi connectivity index (χ4v) is 2.37. The van der Waals surface area contributed by atoms with E-state index in [1.54, 1.807) is 12.1 Å². The van der Waals surface area contributed by atoms with Gasteiger partial charge in [0.1, 0.15) is 5.75 Å². The summed E-state index contributed by atoms with van der Waals surface area (Å²) in [6.45, 7) is 7.30. The zero-order chi connectivity index (χ0) is 15.9. The van der Waals surface area contributed by atoms with Crippen molar-refractivity contribution in [2.45, 2.75) is 58.4 Å². The molecule has 120 valence electrons. The Morgan fingerprint density at radius 3 is 2.19 bits per heavy atom. The van der Waals surface area contributed by atoms with E-state index in [4.69, 9.17) is 0 Å². The van der Waals surface area contributed by atoms with Gasteiger partial charge in [-0.05, 0) is 43.0 Å². The highest BCUT2D eigenvalue weighted by Gasteiger charge is 2.31. The Balaban J connectivity index is 2.73. The Hall–Kier alpha value is -1.23. The van der Waals surface area contributed by atoms with E-state index in [0.29, 0.717) is 6.04 Å². The summed E-state index contributed by atoms with van der Waals surface area (Å²) in [5, 5.41) is 3.51. The third kappa shape index (κ3) is 6.38. The summed E-state index contributed by atoms with van der Waals surface area (Å²) >= 11 is 0. The summed E-state index contributed by atoms with van der Waals surface area (Å²) in [6, 6.07) is 6.51. The fraction of sp³-hybridized carbons (Fsp3) is 0.625. The second kappa shape index (κ2) is 8.27. The lowest BCUT2D eigenvalue weighted by atomic mass is 9.90. The minimum Gasteiger partial charge on any atom is -0.406 e. The summed E-state index contributed by atoms with van der Waals surface area (Å²) in [5.41, 5.74) is 1.02. The first-order valence-electron chi connectivity index (χ1n) is 7.46. The predicted molar refractivity (Wildman–Crippen MR) is 78.5 cm³/mol. The third-order valence-corrected chi connectivity index (χ3v) is 3.50. The maximum absolute atomic E-state index is 12.1. The predicted octanol–water partition coefficient (Wildman–Crippen LogP) is 4.86. The van der Waals surface area contributed by atoms with Crippen molar-refractivity contribution < 1.29 is 17.9 Å². The molecule has 0 aliphatic rings. The monoisotopic (exact) mass is 303 g/mol. The highest BCUT2D eigenvalue weighted by Crippen LogP contribution is 2.27. The number of benzene rings is 1. The van der Waals surface area contributed by atoms with Crippen molar-refractivity contribution in [3.05, 3.63) is 29.8 Å². The van der Waals surface area contributed by atoms with Crippen LogP contribution >= 0.6 is 0 Å². The Kier molecular flexibility index (Phi) is 7.02. The number of ether oxygens (including phenoxy) is 1. The molecule has 0 aromatic heterocycles. The molecule has 0 saturated carbocycles. The SMILES string of the molecule is CCCNC(CCC)C(C)c1ccc(OC(F)(F)F)cc1. The van der Waals surface area contributed by atoms with E-state index in [2.05, 4.69) is 30.8 Å². The highest BCUT2D eigenvalue weighted by molar-refractivity contribution is 5.30. The molecule has 0 aliphatic heterocycles. The molecular weight excluding hydrogens is 279 g/mol. The number of nitrogens with one attached hydrogen (secondary N) is 1. The van der Waals surface area contributed by atoms with Gasteiger partial charge in [0, 0.05) is 6.04 Å². The molecule has 1 N–H and O–H groups in total. The molecule has 1 aromatic rings. The number of rotatable bonds is 8. The lowest BCUT2D eigenvalue weighted by Crippen LogP contribution is -2.34. The largest absolute Gasteiger partial charge is 0.573 e. The lowest BCUT2D eigenvalue weighted by molar-refractivity contribution is -0.274. The normalized spacial score (nSPS) is 14.8. The summed E-state index contributed by atoms with van der Waals surface area (Å²) in [4.78, 5) is 0. The standard InChI is InChI=1S/C16H24F3NO/c1-4-6-15(20-11-5-2)12(3)13-7-9-14(10-8-13)21-16(17,18)19/h7-10,12,15,20H,4-6,11H2,1-3H3. The van der Waals surface area contributed by atoms with Crippen LogP contribution in [0.3, 0.4) is 0 Å². The van der Waals surface area contributed by atoms with Gasteiger partial charge in [-0.1, -0.05) is 39.3 Å². The van der Waals surface area contributed by atoms with Crippen LogP contribution in [0, 0.1) is 0 Å². The second-order valence-corrected chi connectivity index (χ2v) is 5.25. The molecule has 0 heterocycles. The number of alkyl halides is 3. The van der Waals surface area contributed by atoms with Gasteiger partial charge in [0.2, 0.25) is 0 Å². The molecule has 2 unspecified atom stereocenters. The van der Waals surface area contributed by atoms with Crippen LogP contribution in [-0.2, 0) is 0 Å². The first-order valence-corrected chi connectivity index (χ1v) is 7.46. The van der Waals surface area contributed by atoms with Gasteiger partial charge in [0.05, 0.1) is 0 Å². The van der Waals surface area contributed by atoms with Crippen LogP contribution in [0.4, 0.5) is 13.2 Å². The second-order valence-electron chi connectivity index (χ2n) is 5.25. The quantitative estimate of drug-likeness (QED) is 0.740. The molecule has 2 atom stereocenters. The topological polar surface area (TPSA) is 21.3 Å². The van der Waals surface area contributed by atoms with Crippen molar-refractivity contribution in [1.29, 1.82) is 0 Å². The van der Waals surface area contributed by atoms with Crippen molar-refractivity contribution in [3.8, 4) is 5.75 Å². The summed E-state index contributed by atoms with van der Waals surface area (Å²) in [7, 11) is 0. The summed E-state index contributed by atoms with van der Waals surface area (Å²) in [5.74, 6) is 0.0726. The van der Waals surface area contributed by atoms with Crippen LogP contribution in [-0.4, -0.2) is 18.9 Å². The molecule has 0 fully saturated rings. The van der Waals surface area contributed by atoms with Crippen molar-refractivity contribution in [3.63, 3.8) is 0 Å². The van der Waals surface area contributed by atoms with Gasteiger partial charge >= 0.3 is 6.36 Å². The van der Waals surface area contributed by atoms with Gasteiger partial charge in [0.25, 0.3) is 0 Å². The molecule has 0 bridgehead atoms.